The van der Waals surface area contributed by atoms with Gasteiger partial charge in [0.15, 0.2) is 0 Å². The van der Waals surface area contributed by atoms with Gasteiger partial charge >= 0.3 is 0 Å². The van der Waals surface area contributed by atoms with Crippen LogP contribution in [0, 0.1) is 0 Å². The first-order chi connectivity index (χ1) is 4.93. The van der Waals surface area contributed by atoms with E-state index in [2.05, 4.69) is 23.6 Å². The van der Waals surface area contributed by atoms with Crippen molar-refractivity contribution in [2.75, 3.05) is 6.54 Å². The Morgan fingerprint density at radius 2 is 2.50 bits per heavy atom. The zero-order valence-corrected chi connectivity index (χ0v) is 6.56. The Hall–Kier alpha value is -0.500. The highest BCUT2D eigenvalue weighted by atomic mass is 15.1. The Kier molecular flexibility index (Phi) is 3.30. The van der Waals surface area contributed by atoms with E-state index in [9.17, 15) is 0 Å². The van der Waals surface area contributed by atoms with E-state index in [0.717, 1.165) is 6.54 Å². The van der Waals surface area contributed by atoms with Gasteiger partial charge in [0.1, 0.15) is 0 Å². The highest BCUT2D eigenvalue weighted by molar-refractivity contribution is 4.90. The van der Waals surface area contributed by atoms with E-state index in [0.29, 0.717) is 6.17 Å². The molecule has 58 valence electrons. The van der Waals surface area contributed by atoms with E-state index in [-0.39, 0.29) is 0 Å². The summed E-state index contributed by atoms with van der Waals surface area (Å²) in [5.74, 6) is 0. The fourth-order valence-corrected chi connectivity index (χ4v) is 1.11. The SMILES string of the molecule is CCCCC1NC=CCN1. The number of hydrogen-bond acceptors (Lipinski definition) is 2. The van der Waals surface area contributed by atoms with Gasteiger partial charge in [-0.3, -0.25) is 5.32 Å². The van der Waals surface area contributed by atoms with E-state index < -0.39 is 0 Å². The summed E-state index contributed by atoms with van der Waals surface area (Å²) in [5.41, 5.74) is 0. The molecule has 0 saturated carbocycles. The van der Waals surface area contributed by atoms with Gasteiger partial charge in [-0.2, -0.15) is 0 Å². The summed E-state index contributed by atoms with van der Waals surface area (Å²) in [6, 6.07) is 0. The van der Waals surface area contributed by atoms with E-state index in [1.807, 2.05) is 6.20 Å². The molecule has 0 aliphatic carbocycles. The molecule has 2 N–H and O–H groups in total. The zero-order valence-electron chi connectivity index (χ0n) is 6.56. The molecule has 0 spiro atoms. The summed E-state index contributed by atoms with van der Waals surface area (Å²) >= 11 is 0. The van der Waals surface area contributed by atoms with Crippen molar-refractivity contribution in [2.24, 2.45) is 0 Å². The number of unbranched alkanes of at least 4 members (excludes halogenated alkanes) is 1. The number of hydrogen-bond donors (Lipinski definition) is 2. The second-order valence-corrected chi connectivity index (χ2v) is 2.67. The molecule has 0 aromatic carbocycles. The minimum atomic E-state index is 0.518. The van der Waals surface area contributed by atoms with Crippen LogP contribution in [-0.4, -0.2) is 12.7 Å². The van der Waals surface area contributed by atoms with Crippen LogP contribution in [0.5, 0.6) is 0 Å². The van der Waals surface area contributed by atoms with Crippen molar-refractivity contribution in [2.45, 2.75) is 32.4 Å². The molecule has 1 atom stereocenters. The van der Waals surface area contributed by atoms with Gasteiger partial charge in [-0.1, -0.05) is 25.8 Å². The molecule has 1 rings (SSSR count). The van der Waals surface area contributed by atoms with Crippen LogP contribution >= 0.6 is 0 Å². The second kappa shape index (κ2) is 4.34. The molecule has 1 aliphatic heterocycles. The maximum absolute atomic E-state index is 3.36. The third kappa shape index (κ3) is 2.40. The van der Waals surface area contributed by atoms with Crippen molar-refractivity contribution in [1.82, 2.24) is 10.6 Å². The number of rotatable bonds is 3. The van der Waals surface area contributed by atoms with Gasteiger partial charge in [-0.05, 0) is 12.6 Å². The Morgan fingerprint density at radius 3 is 3.10 bits per heavy atom. The lowest BCUT2D eigenvalue weighted by atomic mass is 10.2. The summed E-state index contributed by atoms with van der Waals surface area (Å²) in [6.45, 7) is 3.24. The molecule has 1 unspecified atom stereocenters. The van der Waals surface area contributed by atoms with Crippen LogP contribution in [0.1, 0.15) is 26.2 Å². The fourth-order valence-electron chi connectivity index (χ4n) is 1.11. The van der Waals surface area contributed by atoms with Gasteiger partial charge in [-0.25, -0.2) is 0 Å². The molecule has 10 heavy (non-hydrogen) atoms. The van der Waals surface area contributed by atoms with Crippen molar-refractivity contribution in [1.29, 1.82) is 0 Å². The smallest absolute Gasteiger partial charge is 0.0765 e. The monoisotopic (exact) mass is 140 g/mol. The quantitative estimate of drug-likeness (QED) is 0.615. The van der Waals surface area contributed by atoms with Crippen LogP contribution in [0.4, 0.5) is 0 Å². The summed E-state index contributed by atoms with van der Waals surface area (Å²) in [5, 5.41) is 6.62. The van der Waals surface area contributed by atoms with E-state index >= 15 is 0 Å². The first kappa shape index (κ1) is 7.61. The molecule has 0 aromatic rings. The van der Waals surface area contributed by atoms with Crippen LogP contribution in [0.15, 0.2) is 12.3 Å². The summed E-state index contributed by atoms with van der Waals surface area (Å²) in [7, 11) is 0. The standard InChI is InChI=1S/C8H16N2/c1-2-3-5-8-9-6-4-7-10-8/h4,6,8-10H,2-3,5,7H2,1H3. The first-order valence-corrected chi connectivity index (χ1v) is 4.08. The average Bonchev–Trinajstić information content (AvgIpc) is 2.03. The average molecular weight is 140 g/mol. The lowest BCUT2D eigenvalue weighted by Gasteiger charge is -2.21. The largest absolute Gasteiger partial charge is 0.376 e. The van der Waals surface area contributed by atoms with E-state index in [1.54, 1.807) is 0 Å². The molecule has 1 aliphatic rings. The summed E-state index contributed by atoms with van der Waals surface area (Å²) in [6.07, 6.45) is 8.48. The topological polar surface area (TPSA) is 24.1 Å². The van der Waals surface area contributed by atoms with Crippen molar-refractivity contribution in [3.05, 3.63) is 12.3 Å². The maximum Gasteiger partial charge on any atom is 0.0765 e. The first-order valence-electron chi connectivity index (χ1n) is 4.08. The highest BCUT2D eigenvalue weighted by Crippen LogP contribution is 1.99. The van der Waals surface area contributed by atoms with Crippen molar-refractivity contribution >= 4 is 0 Å². The maximum atomic E-state index is 3.36. The Bertz CT molecular complexity index is 110. The third-order valence-electron chi connectivity index (χ3n) is 1.74. The molecule has 0 amide bonds. The minimum absolute atomic E-state index is 0.518. The van der Waals surface area contributed by atoms with Gasteiger partial charge in [0, 0.05) is 6.54 Å². The third-order valence-corrected chi connectivity index (χ3v) is 1.74. The van der Waals surface area contributed by atoms with Crippen LogP contribution in [0.3, 0.4) is 0 Å². The molecule has 1 heterocycles. The molecule has 2 heteroatoms. The van der Waals surface area contributed by atoms with Crippen molar-refractivity contribution in [3.8, 4) is 0 Å². The Morgan fingerprint density at radius 1 is 1.60 bits per heavy atom. The Labute approximate surface area is 62.7 Å². The molecule has 0 radical (unpaired) electrons. The molecular formula is C8H16N2. The van der Waals surface area contributed by atoms with Crippen LogP contribution in [0.2, 0.25) is 0 Å². The van der Waals surface area contributed by atoms with Crippen molar-refractivity contribution < 1.29 is 0 Å². The predicted octanol–water partition coefficient (Wildman–Crippen LogP) is 1.21. The van der Waals surface area contributed by atoms with Gasteiger partial charge in [0.25, 0.3) is 0 Å². The molecule has 2 nitrogen and oxygen atoms in total. The Balaban J connectivity index is 2.10. The molecule has 0 aromatic heterocycles. The van der Waals surface area contributed by atoms with Crippen LogP contribution in [-0.2, 0) is 0 Å². The second-order valence-electron chi connectivity index (χ2n) is 2.67. The fraction of sp³-hybridized carbons (Fsp3) is 0.750. The molecule has 0 bridgehead atoms. The minimum Gasteiger partial charge on any atom is -0.376 e. The predicted molar refractivity (Wildman–Crippen MR) is 43.6 cm³/mol. The summed E-state index contributed by atoms with van der Waals surface area (Å²) < 4.78 is 0. The normalized spacial score (nSPS) is 24.3. The van der Waals surface area contributed by atoms with E-state index in [4.69, 9.17) is 0 Å². The van der Waals surface area contributed by atoms with E-state index in [1.165, 1.54) is 19.3 Å². The van der Waals surface area contributed by atoms with Gasteiger partial charge < -0.3 is 5.32 Å². The number of nitrogens with one attached hydrogen (secondary N) is 2. The van der Waals surface area contributed by atoms with Gasteiger partial charge in [0.05, 0.1) is 6.17 Å². The van der Waals surface area contributed by atoms with Crippen LogP contribution < -0.4 is 10.6 Å². The van der Waals surface area contributed by atoms with Crippen molar-refractivity contribution in [3.63, 3.8) is 0 Å². The molecule has 0 saturated heterocycles. The van der Waals surface area contributed by atoms with Gasteiger partial charge in [-0.15, -0.1) is 0 Å². The lowest BCUT2D eigenvalue weighted by Crippen LogP contribution is -2.42. The van der Waals surface area contributed by atoms with Crippen LogP contribution in [0.25, 0.3) is 0 Å². The van der Waals surface area contributed by atoms with Gasteiger partial charge in [0.2, 0.25) is 0 Å². The zero-order chi connectivity index (χ0) is 7.23. The molecule has 0 fully saturated rings. The molecular weight excluding hydrogens is 124 g/mol. The summed E-state index contributed by atoms with van der Waals surface area (Å²) in [4.78, 5) is 0. The highest BCUT2D eigenvalue weighted by Gasteiger charge is 2.04. The lowest BCUT2D eigenvalue weighted by molar-refractivity contribution is 0.433.